The van der Waals surface area contributed by atoms with E-state index in [2.05, 4.69) is 4.74 Å². The van der Waals surface area contributed by atoms with Gasteiger partial charge in [-0.25, -0.2) is 4.39 Å². The molecule has 2 aromatic rings. The zero-order valence-electron chi connectivity index (χ0n) is 10.2. The van der Waals surface area contributed by atoms with Crippen LogP contribution in [-0.4, -0.2) is 6.61 Å². The number of rotatable bonds is 4. The van der Waals surface area contributed by atoms with Gasteiger partial charge >= 0.3 is 6.61 Å². The van der Waals surface area contributed by atoms with Crippen LogP contribution in [0.3, 0.4) is 0 Å². The maximum atomic E-state index is 13.5. The lowest BCUT2D eigenvalue weighted by Crippen LogP contribution is -2.04. The number of alkyl halides is 2. The molecule has 0 aliphatic rings. The predicted octanol–water partition coefficient (Wildman–Crippen LogP) is 5.47. The summed E-state index contributed by atoms with van der Waals surface area (Å²) in [6.07, 6.45) is 0. The third-order valence-electron chi connectivity index (χ3n) is 2.39. The van der Waals surface area contributed by atoms with Gasteiger partial charge in [0.15, 0.2) is 11.6 Å². The summed E-state index contributed by atoms with van der Waals surface area (Å²) < 4.78 is 42.0. The Kier molecular flexibility index (Phi) is 5.13. The number of benzene rings is 2. The van der Waals surface area contributed by atoms with Crippen molar-refractivity contribution in [1.29, 1.82) is 0 Å². The number of hydrogen-bond acceptors (Lipinski definition) is 3. The van der Waals surface area contributed by atoms with Crippen LogP contribution < -0.4 is 10.5 Å². The van der Waals surface area contributed by atoms with Crippen molar-refractivity contribution in [1.82, 2.24) is 0 Å². The predicted molar refractivity (Wildman–Crippen MR) is 78.0 cm³/mol. The van der Waals surface area contributed by atoms with E-state index in [0.29, 0.717) is 19.8 Å². The topological polar surface area (TPSA) is 35.2 Å². The third-order valence-corrected chi connectivity index (χ3v) is 4.20. The molecule has 21 heavy (non-hydrogen) atoms. The fraction of sp³-hybridized carbons (Fsp3) is 0.0769. The van der Waals surface area contributed by atoms with E-state index >= 15 is 0 Å². The van der Waals surface area contributed by atoms with Gasteiger partial charge in [0.25, 0.3) is 0 Å². The van der Waals surface area contributed by atoms with Crippen LogP contribution in [0.5, 0.6) is 5.75 Å². The molecule has 0 bridgehead atoms. The first-order chi connectivity index (χ1) is 9.86. The van der Waals surface area contributed by atoms with Crippen molar-refractivity contribution >= 4 is 40.7 Å². The second-order valence-electron chi connectivity index (χ2n) is 3.88. The molecular formula is C13H8Cl2F3NOS. The maximum absolute atomic E-state index is 13.5. The Hall–Kier alpha value is -1.24. The van der Waals surface area contributed by atoms with Crippen molar-refractivity contribution in [2.24, 2.45) is 0 Å². The number of nitrogens with two attached hydrogens (primary N) is 1. The summed E-state index contributed by atoms with van der Waals surface area (Å²) in [5.41, 5.74) is 5.76. The Bertz CT molecular complexity index is 670. The van der Waals surface area contributed by atoms with Crippen LogP contribution in [0, 0.1) is 5.82 Å². The van der Waals surface area contributed by atoms with Crippen LogP contribution >= 0.6 is 35.0 Å². The minimum Gasteiger partial charge on any atom is -0.432 e. The average molecular weight is 354 g/mol. The molecule has 0 aliphatic heterocycles. The highest BCUT2D eigenvalue weighted by Gasteiger charge is 2.15. The molecule has 0 saturated heterocycles. The second-order valence-corrected chi connectivity index (χ2v) is 5.80. The highest BCUT2D eigenvalue weighted by Crippen LogP contribution is 2.40. The Balaban J connectivity index is 2.37. The summed E-state index contributed by atoms with van der Waals surface area (Å²) >= 11 is 12.9. The van der Waals surface area contributed by atoms with Gasteiger partial charge in [-0.15, -0.1) is 0 Å². The van der Waals surface area contributed by atoms with Gasteiger partial charge in [-0.05, 0) is 24.3 Å². The zero-order valence-corrected chi connectivity index (χ0v) is 12.6. The molecule has 0 amide bonds. The van der Waals surface area contributed by atoms with Gasteiger partial charge in [0, 0.05) is 26.6 Å². The second kappa shape index (κ2) is 6.68. The molecule has 0 aromatic heterocycles. The molecule has 0 aliphatic carbocycles. The first kappa shape index (κ1) is 16.1. The summed E-state index contributed by atoms with van der Waals surface area (Å²) in [7, 11) is 0. The fourth-order valence-corrected chi connectivity index (χ4v) is 2.90. The van der Waals surface area contributed by atoms with E-state index in [4.69, 9.17) is 28.9 Å². The molecular weight excluding hydrogens is 346 g/mol. The van der Waals surface area contributed by atoms with Crippen molar-refractivity contribution in [3.05, 3.63) is 46.2 Å². The standard InChI is InChI=1S/C13H8Cl2F3NOS/c14-6-1-2-7(15)11(3-6)21-12-5-10(20-13(17)18)8(16)4-9(12)19/h1-5,13H,19H2. The Morgan fingerprint density at radius 1 is 1.10 bits per heavy atom. The maximum Gasteiger partial charge on any atom is 0.387 e. The lowest BCUT2D eigenvalue weighted by Gasteiger charge is -2.11. The fourth-order valence-electron chi connectivity index (χ4n) is 1.50. The van der Waals surface area contributed by atoms with E-state index in [1.807, 2.05) is 0 Å². The Morgan fingerprint density at radius 3 is 2.48 bits per heavy atom. The lowest BCUT2D eigenvalue weighted by molar-refractivity contribution is -0.0523. The minimum absolute atomic E-state index is 0.0789. The van der Waals surface area contributed by atoms with Gasteiger partial charge in [-0.1, -0.05) is 35.0 Å². The molecule has 2 nitrogen and oxygen atoms in total. The van der Waals surface area contributed by atoms with Gasteiger partial charge < -0.3 is 10.5 Å². The summed E-state index contributed by atoms with van der Waals surface area (Å²) in [6.45, 7) is -3.13. The lowest BCUT2D eigenvalue weighted by atomic mass is 10.3. The van der Waals surface area contributed by atoms with E-state index in [1.165, 1.54) is 0 Å². The molecule has 112 valence electrons. The van der Waals surface area contributed by atoms with Crippen LogP contribution in [0.1, 0.15) is 0 Å². The van der Waals surface area contributed by atoms with Crippen LogP contribution in [-0.2, 0) is 0 Å². The molecule has 8 heteroatoms. The molecule has 0 fully saturated rings. The van der Waals surface area contributed by atoms with Crippen molar-refractivity contribution in [3.63, 3.8) is 0 Å². The summed E-state index contributed by atoms with van der Waals surface area (Å²) in [6, 6.07) is 6.79. The van der Waals surface area contributed by atoms with E-state index in [1.54, 1.807) is 18.2 Å². The Labute approximate surface area is 133 Å². The minimum atomic E-state index is -3.13. The Morgan fingerprint density at radius 2 is 1.81 bits per heavy atom. The van der Waals surface area contributed by atoms with Gasteiger partial charge in [-0.2, -0.15) is 8.78 Å². The highest BCUT2D eigenvalue weighted by molar-refractivity contribution is 7.99. The molecule has 0 unspecified atom stereocenters. The largest absolute Gasteiger partial charge is 0.432 e. The molecule has 2 N–H and O–H groups in total. The van der Waals surface area contributed by atoms with Crippen molar-refractivity contribution in [2.75, 3.05) is 5.73 Å². The van der Waals surface area contributed by atoms with Gasteiger partial charge in [0.1, 0.15) is 0 Å². The van der Waals surface area contributed by atoms with Gasteiger partial charge in [0.05, 0.1) is 5.02 Å². The molecule has 0 saturated carbocycles. The van der Waals surface area contributed by atoms with Crippen molar-refractivity contribution in [2.45, 2.75) is 16.4 Å². The van der Waals surface area contributed by atoms with Gasteiger partial charge in [0.2, 0.25) is 0 Å². The summed E-state index contributed by atoms with van der Waals surface area (Å²) in [5.74, 6) is -1.55. The molecule has 0 radical (unpaired) electrons. The number of hydrogen-bond donors (Lipinski definition) is 1. The quantitative estimate of drug-likeness (QED) is 0.740. The molecule has 0 spiro atoms. The monoisotopic (exact) mass is 353 g/mol. The first-order valence-electron chi connectivity index (χ1n) is 5.53. The van der Waals surface area contributed by atoms with E-state index in [9.17, 15) is 13.2 Å². The first-order valence-corrected chi connectivity index (χ1v) is 7.11. The van der Waals surface area contributed by atoms with Crippen LogP contribution in [0.4, 0.5) is 18.9 Å². The van der Waals surface area contributed by atoms with E-state index < -0.39 is 18.2 Å². The average Bonchev–Trinajstić information content (AvgIpc) is 2.39. The highest BCUT2D eigenvalue weighted by atomic mass is 35.5. The van der Waals surface area contributed by atoms with Crippen LogP contribution in [0.2, 0.25) is 10.0 Å². The number of anilines is 1. The normalized spacial score (nSPS) is 11.0. The molecule has 2 aromatic carbocycles. The summed E-state index contributed by atoms with van der Waals surface area (Å²) in [4.78, 5) is 0.890. The molecule has 0 heterocycles. The number of nitrogen functional groups attached to an aromatic ring is 1. The number of ether oxygens (including phenoxy) is 1. The van der Waals surface area contributed by atoms with Crippen molar-refractivity contribution in [3.8, 4) is 5.75 Å². The van der Waals surface area contributed by atoms with E-state index in [0.717, 1.165) is 23.9 Å². The van der Waals surface area contributed by atoms with Gasteiger partial charge in [-0.3, -0.25) is 0 Å². The third kappa shape index (κ3) is 4.12. The van der Waals surface area contributed by atoms with Crippen LogP contribution in [0.25, 0.3) is 0 Å². The molecule has 0 atom stereocenters. The number of halogens is 5. The summed E-state index contributed by atoms with van der Waals surface area (Å²) in [5, 5.41) is 0.857. The molecule has 2 rings (SSSR count). The SMILES string of the molecule is Nc1cc(F)c(OC(F)F)cc1Sc1cc(Cl)ccc1Cl. The van der Waals surface area contributed by atoms with Crippen LogP contribution in [0.15, 0.2) is 40.1 Å². The smallest absolute Gasteiger partial charge is 0.387 e. The zero-order chi connectivity index (χ0) is 15.6. The van der Waals surface area contributed by atoms with Crippen molar-refractivity contribution < 1.29 is 17.9 Å². The van der Waals surface area contributed by atoms with E-state index in [-0.39, 0.29) is 5.69 Å².